The van der Waals surface area contributed by atoms with Gasteiger partial charge < -0.3 is 4.90 Å². The van der Waals surface area contributed by atoms with Gasteiger partial charge in [0.2, 0.25) is 11.8 Å². The van der Waals surface area contributed by atoms with E-state index in [0.717, 1.165) is 11.1 Å². The summed E-state index contributed by atoms with van der Waals surface area (Å²) in [4.78, 5) is 44.6. The summed E-state index contributed by atoms with van der Waals surface area (Å²) >= 11 is 18.5. The van der Waals surface area contributed by atoms with Crippen LogP contribution in [0.4, 0.5) is 5.69 Å². The molecule has 3 aliphatic rings. The molecule has 174 valence electrons. The first-order valence-corrected chi connectivity index (χ1v) is 12.2. The van der Waals surface area contributed by atoms with Crippen LogP contribution >= 0.6 is 34.8 Å². The fourth-order valence-corrected chi connectivity index (χ4v) is 6.18. The van der Waals surface area contributed by atoms with Gasteiger partial charge in [-0.3, -0.25) is 14.4 Å². The topological polar surface area (TPSA) is 57.7 Å². The molecule has 2 amide bonds. The number of nitrogens with zero attached hydrogens (tertiary/aromatic N) is 2. The van der Waals surface area contributed by atoms with Gasteiger partial charge in [-0.2, -0.15) is 0 Å². The van der Waals surface area contributed by atoms with Crippen molar-refractivity contribution in [2.75, 3.05) is 4.90 Å². The number of hydrogen-bond acceptors (Lipinski definition) is 4. The van der Waals surface area contributed by atoms with Crippen molar-refractivity contribution in [2.24, 2.45) is 11.8 Å². The zero-order valence-corrected chi connectivity index (χ0v) is 20.3. The fourth-order valence-electron chi connectivity index (χ4n) is 5.55. The number of fused-ring (bicyclic) bond motifs is 5. The molecule has 0 bridgehead atoms. The Kier molecular flexibility index (Phi) is 5.26. The Morgan fingerprint density at radius 2 is 1.49 bits per heavy atom. The Morgan fingerprint density at radius 1 is 0.800 bits per heavy atom. The first-order valence-electron chi connectivity index (χ1n) is 11.0. The van der Waals surface area contributed by atoms with Gasteiger partial charge in [0.1, 0.15) is 6.04 Å². The molecule has 0 spiro atoms. The van der Waals surface area contributed by atoms with Gasteiger partial charge in [0.05, 0.1) is 28.6 Å². The van der Waals surface area contributed by atoms with E-state index in [1.54, 1.807) is 36.4 Å². The van der Waals surface area contributed by atoms with Crippen molar-refractivity contribution >= 4 is 64.2 Å². The van der Waals surface area contributed by atoms with Gasteiger partial charge in [-0.15, -0.1) is 0 Å². The second-order valence-corrected chi connectivity index (χ2v) is 10.1. The van der Waals surface area contributed by atoms with Crippen LogP contribution in [0.25, 0.3) is 6.08 Å². The summed E-state index contributed by atoms with van der Waals surface area (Å²) in [5, 5.41) is 1.10. The predicted molar refractivity (Wildman–Crippen MR) is 136 cm³/mol. The van der Waals surface area contributed by atoms with Crippen LogP contribution in [0, 0.1) is 11.8 Å². The van der Waals surface area contributed by atoms with Crippen molar-refractivity contribution in [3.05, 3.63) is 105 Å². The van der Waals surface area contributed by atoms with Crippen LogP contribution in [0.2, 0.25) is 15.1 Å². The minimum atomic E-state index is -0.901. The Labute approximate surface area is 216 Å². The zero-order chi connectivity index (χ0) is 24.4. The predicted octanol–water partition coefficient (Wildman–Crippen LogP) is 6.05. The van der Waals surface area contributed by atoms with E-state index >= 15 is 0 Å². The van der Waals surface area contributed by atoms with Crippen LogP contribution in [0.3, 0.4) is 0 Å². The molecule has 5 nitrogen and oxygen atoms in total. The largest absolute Gasteiger partial charge is 0.358 e. The van der Waals surface area contributed by atoms with Crippen LogP contribution in [0.1, 0.15) is 27.5 Å². The summed E-state index contributed by atoms with van der Waals surface area (Å²) in [6.07, 6.45) is 3.72. The minimum absolute atomic E-state index is 0.204. The monoisotopic (exact) mass is 522 g/mol. The number of rotatable bonds is 3. The van der Waals surface area contributed by atoms with E-state index in [1.807, 2.05) is 41.4 Å². The summed E-state index contributed by atoms with van der Waals surface area (Å²) in [5.74, 6) is -2.68. The van der Waals surface area contributed by atoms with E-state index in [-0.39, 0.29) is 22.3 Å². The molecule has 6 rings (SSSR count). The maximum Gasteiger partial charge on any atom is 0.240 e. The first-order chi connectivity index (χ1) is 16.9. The van der Waals surface area contributed by atoms with E-state index in [0.29, 0.717) is 15.7 Å². The van der Waals surface area contributed by atoms with Gasteiger partial charge >= 0.3 is 0 Å². The highest BCUT2D eigenvalue weighted by Crippen LogP contribution is 2.54. The van der Waals surface area contributed by atoms with Crippen molar-refractivity contribution in [1.82, 2.24) is 4.90 Å². The third-order valence-electron chi connectivity index (χ3n) is 7.01. The van der Waals surface area contributed by atoms with Crippen molar-refractivity contribution in [3.8, 4) is 0 Å². The molecule has 3 aromatic carbocycles. The second kappa shape index (κ2) is 8.23. The van der Waals surface area contributed by atoms with Gasteiger partial charge in [0.15, 0.2) is 5.78 Å². The third kappa shape index (κ3) is 3.33. The Bertz CT molecular complexity index is 1440. The van der Waals surface area contributed by atoms with Crippen molar-refractivity contribution < 1.29 is 14.4 Å². The van der Waals surface area contributed by atoms with E-state index < -0.39 is 29.8 Å². The molecule has 8 heteroatoms. The molecule has 0 N–H and O–H groups in total. The molecule has 0 aromatic heterocycles. The summed E-state index contributed by atoms with van der Waals surface area (Å²) in [6.45, 7) is 0. The molecule has 3 aromatic rings. The molecule has 35 heavy (non-hydrogen) atoms. The number of benzene rings is 3. The summed E-state index contributed by atoms with van der Waals surface area (Å²) in [7, 11) is 0. The quantitative estimate of drug-likeness (QED) is 0.310. The number of ketones is 1. The van der Waals surface area contributed by atoms with E-state index in [2.05, 4.69) is 0 Å². The second-order valence-electron chi connectivity index (χ2n) is 8.81. The molecule has 2 fully saturated rings. The van der Waals surface area contributed by atoms with Crippen LogP contribution in [0.15, 0.2) is 72.9 Å². The maximum atomic E-state index is 13.9. The van der Waals surface area contributed by atoms with Crippen molar-refractivity contribution in [2.45, 2.75) is 12.1 Å². The Morgan fingerprint density at radius 3 is 2.23 bits per heavy atom. The van der Waals surface area contributed by atoms with Crippen LogP contribution < -0.4 is 4.90 Å². The lowest BCUT2D eigenvalue weighted by molar-refractivity contribution is -0.123. The number of Topliss-reactive ketones (excluding diaryl/α,β-unsaturated/α-hetero) is 1. The molecule has 2 saturated heterocycles. The van der Waals surface area contributed by atoms with Gasteiger partial charge in [-0.05, 0) is 59.7 Å². The Hall–Kier alpha value is -3.12. The molecular formula is C27H17Cl3N2O3. The average Bonchev–Trinajstić information content (AvgIpc) is 3.32. The van der Waals surface area contributed by atoms with Gasteiger partial charge in [0.25, 0.3) is 0 Å². The first kappa shape index (κ1) is 22.4. The number of amides is 2. The highest BCUT2D eigenvalue weighted by atomic mass is 35.5. The number of imide groups is 1. The van der Waals surface area contributed by atoms with Crippen molar-refractivity contribution in [1.29, 1.82) is 0 Å². The normalized spacial score (nSPS) is 24.4. The summed E-state index contributed by atoms with van der Waals surface area (Å²) < 4.78 is 0. The van der Waals surface area contributed by atoms with Crippen LogP contribution in [-0.2, 0) is 9.59 Å². The molecule has 0 saturated carbocycles. The molecule has 0 aliphatic carbocycles. The fraction of sp³-hybridized carbons (Fsp3) is 0.148. The van der Waals surface area contributed by atoms with Gasteiger partial charge in [0, 0.05) is 21.8 Å². The molecule has 0 unspecified atom stereocenters. The molecule has 4 atom stereocenters. The number of carbonyl (C=O) groups is 3. The van der Waals surface area contributed by atoms with E-state index in [1.165, 1.54) is 11.0 Å². The SMILES string of the molecule is O=C(c1ccc(Cl)cc1Cl)[C@@H]1[C@@H]2C(=O)N(c3ccc(Cl)cc3)C(=O)[C@H]2[C@H]2c3ccccc3C=CN12. The number of carbonyl (C=O) groups excluding carboxylic acids is 3. The molecular weight excluding hydrogens is 507 g/mol. The third-order valence-corrected chi connectivity index (χ3v) is 7.81. The summed E-state index contributed by atoms with van der Waals surface area (Å²) in [5.41, 5.74) is 2.55. The summed E-state index contributed by atoms with van der Waals surface area (Å²) in [6, 6.07) is 17.6. The smallest absolute Gasteiger partial charge is 0.240 e. The maximum absolute atomic E-state index is 13.9. The highest BCUT2D eigenvalue weighted by molar-refractivity contribution is 6.37. The standard InChI is InChI=1S/C27H17Cl3N2O3/c28-15-5-8-17(9-6-15)32-26(34)21-22(27(32)35)24(25(33)19-10-7-16(29)13-20(19)30)31-12-11-14-3-1-2-4-18(14)23(21)31/h1-13,21-24H/t21-,22-,23-,24+/m1/s1. The number of anilines is 1. The average molecular weight is 524 g/mol. The molecule has 0 radical (unpaired) electrons. The van der Waals surface area contributed by atoms with Crippen molar-refractivity contribution in [3.63, 3.8) is 0 Å². The highest BCUT2D eigenvalue weighted by Gasteiger charge is 2.64. The van der Waals surface area contributed by atoms with E-state index in [9.17, 15) is 14.4 Å². The lowest BCUT2D eigenvalue weighted by Crippen LogP contribution is -2.44. The van der Waals surface area contributed by atoms with E-state index in [4.69, 9.17) is 34.8 Å². The zero-order valence-electron chi connectivity index (χ0n) is 18.1. The Balaban J connectivity index is 1.50. The lowest BCUT2D eigenvalue weighted by Gasteiger charge is -2.35. The van der Waals surface area contributed by atoms with Crippen LogP contribution in [0.5, 0.6) is 0 Å². The van der Waals surface area contributed by atoms with Gasteiger partial charge in [-0.25, -0.2) is 4.90 Å². The number of hydrogen-bond donors (Lipinski definition) is 0. The molecule has 3 aliphatic heterocycles. The lowest BCUT2D eigenvalue weighted by atomic mass is 9.83. The molecule has 3 heterocycles. The number of halogens is 3. The minimum Gasteiger partial charge on any atom is -0.358 e. The van der Waals surface area contributed by atoms with Gasteiger partial charge in [-0.1, -0.05) is 59.1 Å². The van der Waals surface area contributed by atoms with Crippen LogP contribution in [-0.4, -0.2) is 28.5 Å².